The van der Waals surface area contributed by atoms with Crippen molar-refractivity contribution in [2.75, 3.05) is 12.4 Å². The number of alkyl halides is 3. The number of esters is 1. The fourth-order valence-electron chi connectivity index (χ4n) is 5.07. The summed E-state index contributed by atoms with van der Waals surface area (Å²) in [5.74, 6) is -2.23. The predicted octanol–water partition coefficient (Wildman–Crippen LogP) is 6.28. The van der Waals surface area contributed by atoms with Gasteiger partial charge < -0.3 is 10.1 Å². The molecule has 0 aliphatic heterocycles. The van der Waals surface area contributed by atoms with Crippen LogP contribution in [0.3, 0.4) is 0 Å². The molecule has 0 unspecified atom stereocenters. The molecule has 1 N–H and O–H groups in total. The van der Waals surface area contributed by atoms with Gasteiger partial charge >= 0.3 is 12.1 Å². The molecule has 1 aromatic heterocycles. The van der Waals surface area contributed by atoms with Gasteiger partial charge in [0.2, 0.25) is 5.91 Å². The first-order valence-electron chi connectivity index (χ1n) is 12.1. The number of halogens is 4. The van der Waals surface area contributed by atoms with Crippen LogP contribution in [0.25, 0.3) is 11.1 Å². The first-order valence-corrected chi connectivity index (χ1v) is 12.1. The molecule has 0 saturated heterocycles. The largest absolute Gasteiger partial charge is 0.465 e. The Morgan fingerprint density at radius 3 is 2.46 bits per heavy atom. The molecule has 6 nitrogen and oxygen atoms in total. The average molecular weight is 516 g/mol. The Morgan fingerprint density at radius 2 is 1.84 bits per heavy atom. The molecule has 2 aliphatic rings. The molecular weight excluding hydrogens is 490 g/mol. The molecule has 1 heterocycles. The minimum absolute atomic E-state index is 0.0814. The number of hydrogen-bond donors (Lipinski definition) is 1. The topological polar surface area (TPSA) is 73.2 Å². The molecule has 194 valence electrons. The molecule has 1 amide bonds. The minimum atomic E-state index is -4.68. The Balaban J connectivity index is 1.40. The number of nitrogens with one attached hydrogen (secondary N) is 1. The Hall–Kier alpha value is -3.69. The van der Waals surface area contributed by atoms with Crippen LogP contribution in [0.1, 0.15) is 66.1 Å². The molecule has 0 radical (unpaired) electrons. The molecule has 0 atom stereocenters. The van der Waals surface area contributed by atoms with E-state index < -0.39 is 34.8 Å². The molecule has 2 fully saturated rings. The molecule has 5 rings (SSSR count). The SMILES string of the molecule is COC(=O)c1cc(NC(=O)C2(c3ccc(C(F)(F)F)cc3F)CC2)ccc1-c1cnn(C2CCCC2)c1. The number of ether oxygens (including phenoxy) is 1. The molecule has 37 heavy (non-hydrogen) atoms. The molecule has 2 aromatic carbocycles. The fraction of sp³-hybridized carbons (Fsp3) is 0.370. The lowest BCUT2D eigenvalue weighted by atomic mass is 9.93. The molecule has 0 spiro atoms. The van der Waals surface area contributed by atoms with Crippen LogP contribution in [-0.2, 0) is 21.1 Å². The zero-order valence-corrected chi connectivity index (χ0v) is 20.1. The predicted molar refractivity (Wildman–Crippen MR) is 127 cm³/mol. The van der Waals surface area contributed by atoms with E-state index in [9.17, 15) is 27.2 Å². The number of amides is 1. The number of anilines is 1. The first-order chi connectivity index (χ1) is 17.6. The lowest BCUT2D eigenvalue weighted by molar-refractivity contribution is -0.137. The Kier molecular flexibility index (Phi) is 6.29. The number of aromatic nitrogens is 2. The van der Waals surface area contributed by atoms with Gasteiger partial charge in [-0.3, -0.25) is 9.48 Å². The van der Waals surface area contributed by atoms with E-state index in [0.717, 1.165) is 43.4 Å². The zero-order chi connectivity index (χ0) is 26.4. The van der Waals surface area contributed by atoms with Crippen molar-refractivity contribution in [1.82, 2.24) is 9.78 Å². The van der Waals surface area contributed by atoms with Gasteiger partial charge in [-0.15, -0.1) is 0 Å². The van der Waals surface area contributed by atoms with Crippen LogP contribution < -0.4 is 5.32 Å². The third-order valence-corrected chi connectivity index (χ3v) is 7.29. The third kappa shape index (κ3) is 4.72. The lowest BCUT2D eigenvalue weighted by Crippen LogP contribution is -2.29. The Morgan fingerprint density at radius 1 is 1.11 bits per heavy atom. The summed E-state index contributed by atoms with van der Waals surface area (Å²) in [6, 6.07) is 7.32. The lowest BCUT2D eigenvalue weighted by Gasteiger charge is -2.18. The second-order valence-corrected chi connectivity index (χ2v) is 9.63. The summed E-state index contributed by atoms with van der Waals surface area (Å²) in [5, 5.41) is 7.17. The number of carbonyl (C=O) groups excluding carboxylic acids is 2. The number of methoxy groups -OCH3 is 1. The van der Waals surface area contributed by atoms with Gasteiger partial charge in [0, 0.05) is 23.0 Å². The number of benzene rings is 2. The molecular formula is C27H25F4N3O3. The van der Waals surface area contributed by atoms with Crippen molar-refractivity contribution in [3.63, 3.8) is 0 Å². The van der Waals surface area contributed by atoms with Gasteiger partial charge in [0.15, 0.2) is 0 Å². The summed E-state index contributed by atoms with van der Waals surface area (Å²) in [6.45, 7) is 0. The van der Waals surface area contributed by atoms with Crippen molar-refractivity contribution >= 4 is 17.6 Å². The zero-order valence-electron chi connectivity index (χ0n) is 20.1. The van der Waals surface area contributed by atoms with Gasteiger partial charge in [-0.05, 0) is 55.5 Å². The molecule has 2 saturated carbocycles. The average Bonchev–Trinajstić information content (AvgIpc) is 3.25. The number of rotatable bonds is 6. The highest BCUT2D eigenvalue weighted by Gasteiger charge is 2.53. The second kappa shape index (κ2) is 9.32. The second-order valence-electron chi connectivity index (χ2n) is 9.63. The summed E-state index contributed by atoms with van der Waals surface area (Å²) in [6.07, 6.45) is 3.89. The molecule has 2 aliphatic carbocycles. The van der Waals surface area contributed by atoms with E-state index >= 15 is 0 Å². The van der Waals surface area contributed by atoms with Crippen molar-refractivity contribution in [1.29, 1.82) is 0 Å². The van der Waals surface area contributed by atoms with E-state index in [1.165, 1.54) is 13.2 Å². The minimum Gasteiger partial charge on any atom is -0.465 e. The summed E-state index contributed by atoms with van der Waals surface area (Å²) >= 11 is 0. The van der Waals surface area contributed by atoms with Crippen LogP contribution in [0.15, 0.2) is 48.8 Å². The van der Waals surface area contributed by atoms with E-state index in [-0.39, 0.29) is 16.8 Å². The molecule has 0 bridgehead atoms. The van der Waals surface area contributed by atoms with Gasteiger partial charge in [-0.2, -0.15) is 18.3 Å². The van der Waals surface area contributed by atoms with Crippen molar-refractivity contribution in [2.45, 2.75) is 56.2 Å². The van der Waals surface area contributed by atoms with Gasteiger partial charge in [0.1, 0.15) is 5.82 Å². The number of carbonyl (C=O) groups is 2. The van der Waals surface area contributed by atoms with Crippen molar-refractivity contribution < 1.29 is 31.9 Å². The maximum absolute atomic E-state index is 14.6. The Labute approximate surface area is 210 Å². The fourth-order valence-corrected chi connectivity index (χ4v) is 5.07. The number of nitrogens with zero attached hydrogens (tertiary/aromatic N) is 2. The third-order valence-electron chi connectivity index (χ3n) is 7.29. The van der Waals surface area contributed by atoms with Gasteiger partial charge in [0.05, 0.1) is 35.9 Å². The van der Waals surface area contributed by atoms with Gasteiger partial charge in [-0.1, -0.05) is 25.0 Å². The van der Waals surface area contributed by atoms with Crippen LogP contribution in [0.2, 0.25) is 0 Å². The van der Waals surface area contributed by atoms with Gasteiger partial charge in [0.25, 0.3) is 0 Å². The maximum atomic E-state index is 14.6. The highest BCUT2D eigenvalue weighted by Crippen LogP contribution is 2.50. The molecule has 10 heteroatoms. The van der Waals surface area contributed by atoms with Crippen molar-refractivity contribution in [2.24, 2.45) is 0 Å². The van der Waals surface area contributed by atoms with Gasteiger partial charge in [-0.25, -0.2) is 9.18 Å². The van der Waals surface area contributed by atoms with E-state index in [0.29, 0.717) is 30.5 Å². The summed E-state index contributed by atoms with van der Waals surface area (Å²) in [4.78, 5) is 25.8. The van der Waals surface area contributed by atoms with E-state index in [1.54, 1.807) is 18.3 Å². The van der Waals surface area contributed by atoms with Crippen LogP contribution in [0.5, 0.6) is 0 Å². The summed E-state index contributed by atoms with van der Waals surface area (Å²) < 4.78 is 60.3. The maximum Gasteiger partial charge on any atom is 0.416 e. The number of hydrogen-bond acceptors (Lipinski definition) is 4. The normalized spacial score (nSPS) is 17.0. The van der Waals surface area contributed by atoms with Crippen molar-refractivity contribution in [3.05, 3.63) is 71.3 Å². The summed E-state index contributed by atoms with van der Waals surface area (Å²) in [5.41, 5.74) is -0.630. The van der Waals surface area contributed by atoms with E-state index in [4.69, 9.17) is 4.74 Å². The highest BCUT2D eigenvalue weighted by atomic mass is 19.4. The highest BCUT2D eigenvalue weighted by molar-refractivity contribution is 6.04. The van der Waals surface area contributed by atoms with Crippen LogP contribution >= 0.6 is 0 Å². The smallest absolute Gasteiger partial charge is 0.416 e. The van der Waals surface area contributed by atoms with Crippen LogP contribution in [0.4, 0.5) is 23.2 Å². The Bertz CT molecular complexity index is 1360. The van der Waals surface area contributed by atoms with Crippen LogP contribution in [0, 0.1) is 5.82 Å². The quantitative estimate of drug-likeness (QED) is 0.310. The van der Waals surface area contributed by atoms with Crippen LogP contribution in [-0.4, -0.2) is 28.8 Å². The molecule has 3 aromatic rings. The monoisotopic (exact) mass is 515 g/mol. The van der Waals surface area contributed by atoms with E-state index in [1.807, 2.05) is 10.9 Å². The van der Waals surface area contributed by atoms with E-state index in [2.05, 4.69) is 10.4 Å². The van der Waals surface area contributed by atoms with Crippen molar-refractivity contribution in [3.8, 4) is 11.1 Å². The standard InChI is InChI=1S/C27H25F4N3O3/c1-37-24(35)21-13-18(7-8-20(21)16-14-32-34(15-16)19-4-2-3-5-19)33-25(36)26(10-11-26)22-9-6-17(12-23(22)28)27(29,30)31/h6-9,12-15,19H,2-5,10-11H2,1H3,(H,33,36). The first kappa shape index (κ1) is 25.0. The summed E-state index contributed by atoms with van der Waals surface area (Å²) in [7, 11) is 1.26.